The predicted octanol–water partition coefficient (Wildman–Crippen LogP) is 2.94. The third kappa shape index (κ3) is 5.28. The number of hydrogen-bond donors (Lipinski definition) is 1. The zero-order chi connectivity index (χ0) is 16.7. The molecule has 1 heterocycles. The number of aryl methyl sites for hydroxylation is 1. The normalized spacial score (nSPS) is 11.6. The summed E-state index contributed by atoms with van der Waals surface area (Å²) >= 11 is 6.24. The van der Waals surface area contributed by atoms with Crippen molar-refractivity contribution in [2.45, 2.75) is 26.9 Å². The van der Waals surface area contributed by atoms with Crippen LogP contribution in [0.2, 0.25) is 5.02 Å². The largest absolute Gasteiger partial charge is 0.357 e. The Labute approximate surface area is 143 Å². The SMILES string of the molecule is CCNC(=NCCn1cc(C)cn1)N(C)Cc1ccccc1Cl. The molecule has 0 fully saturated rings. The van der Waals surface area contributed by atoms with Crippen LogP contribution in [-0.2, 0) is 13.1 Å². The Kier molecular flexibility index (Phi) is 6.47. The summed E-state index contributed by atoms with van der Waals surface area (Å²) in [5.41, 5.74) is 2.25. The van der Waals surface area contributed by atoms with Crippen molar-refractivity contribution >= 4 is 17.6 Å². The van der Waals surface area contributed by atoms with E-state index < -0.39 is 0 Å². The molecule has 0 unspecified atom stereocenters. The van der Waals surface area contributed by atoms with Gasteiger partial charge >= 0.3 is 0 Å². The van der Waals surface area contributed by atoms with Crippen molar-refractivity contribution in [3.63, 3.8) is 0 Å². The molecule has 0 atom stereocenters. The molecule has 0 saturated heterocycles. The van der Waals surface area contributed by atoms with Gasteiger partial charge in [0.1, 0.15) is 0 Å². The summed E-state index contributed by atoms with van der Waals surface area (Å²) in [6.07, 6.45) is 3.88. The first-order chi connectivity index (χ1) is 11.1. The molecule has 0 aliphatic rings. The number of benzene rings is 1. The minimum absolute atomic E-state index is 0.677. The van der Waals surface area contributed by atoms with E-state index in [2.05, 4.69) is 27.2 Å². The van der Waals surface area contributed by atoms with Crippen LogP contribution in [0, 0.1) is 6.92 Å². The van der Waals surface area contributed by atoms with Crippen LogP contribution in [-0.4, -0.2) is 40.8 Å². The second-order valence-corrected chi connectivity index (χ2v) is 5.87. The van der Waals surface area contributed by atoms with Gasteiger partial charge < -0.3 is 10.2 Å². The van der Waals surface area contributed by atoms with E-state index in [1.165, 1.54) is 0 Å². The Morgan fingerprint density at radius 2 is 2.17 bits per heavy atom. The lowest BCUT2D eigenvalue weighted by Crippen LogP contribution is -2.38. The van der Waals surface area contributed by atoms with Gasteiger partial charge in [0, 0.05) is 31.4 Å². The number of nitrogens with one attached hydrogen (secondary N) is 1. The van der Waals surface area contributed by atoms with Crippen molar-refractivity contribution in [3.8, 4) is 0 Å². The van der Waals surface area contributed by atoms with Crippen LogP contribution in [0.25, 0.3) is 0 Å². The fourth-order valence-electron chi connectivity index (χ4n) is 2.27. The van der Waals surface area contributed by atoms with Gasteiger partial charge in [-0.1, -0.05) is 29.8 Å². The molecule has 0 radical (unpaired) electrons. The Morgan fingerprint density at radius 1 is 1.39 bits per heavy atom. The first-order valence-corrected chi connectivity index (χ1v) is 8.20. The van der Waals surface area contributed by atoms with Crippen molar-refractivity contribution in [2.24, 2.45) is 4.99 Å². The lowest BCUT2D eigenvalue weighted by atomic mass is 10.2. The van der Waals surface area contributed by atoms with Crippen molar-refractivity contribution in [1.82, 2.24) is 20.0 Å². The highest BCUT2D eigenvalue weighted by molar-refractivity contribution is 6.31. The van der Waals surface area contributed by atoms with Gasteiger partial charge in [-0.2, -0.15) is 5.10 Å². The predicted molar refractivity (Wildman–Crippen MR) is 95.9 cm³/mol. The van der Waals surface area contributed by atoms with Gasteiger partial charge in [0.2, 0.25) is 0 Å². The minimum Gasteiger partial charge on any atom is -0.357 e. The summed E-state index contributed by atoms with van der Waals surface area (Å²) in [4.78, 5) is 6.75. The molecule has 2 aromatic rings. The average Bonchev–Trinajstić information content (AvgIpc) is 2.94. The quantitative estimate of drug-likeness (QED) is 0.653. The summed E-state index contributed by atoms with van der Waals surface area (Å²) < 4.78 is 1.91. The molecule has 2 rings (SSSR count). The maximum Gasteiger partial charge on any atom is 0.194 e. The molecule has 0 aliphatic carbocycles. The van der Waals surface area contributed by atoms with Crippen LogP contribution in [0.4, 0.5) is 0 Å². The maximum atomic E-state index is 6.24. The van der Waals surface area contributed by atoms with E-state index >= 15 is 0 Å². The molecular weight excluding hydrogens is 310 g/mol. The number of nitrogens with zero attached hydrogens (tertiary/aromatic N) is 4. The summed E-state index contributed by atoms with van der Waals surface area (Å²) in [5.74, 6) is 0.872. The van der Waals surface area contributed by atoms with Crippen LogP contribution in [0.1, 0.15) is 18.1 Å². The van der Waals surface area contributed by atoms with Gasteiger partial charge in [0.05, 0.1) is 19.3 Å². The fraction of sp³-hybridized carbons (Fsp3) is 0.412. The number of rotatable bonds is 6. The van der Waals surface area contributed by atoms with Gasteiger partial charge in [0.15, 0.2) is 5.96 Å². The second kappa shape index (κ2) is 8.58. The van der Waals surface area contributed by atoms with E-state index in [1.807, 2.05) is 55.3 Å². The Morgan fingerprint density at radius 3 is 2.83 bits per heavy atom. The molecule has 1 aromatic heterocycles. The van der Waals surface area contributed by atoms with Crippen LogP contribution in [0.5, 0.6) is 0 Å². The number of halogens is 1. The fourth-order valence-corrected chi connectivity index (χ4v) is 2.47. The van der Waals surface area contributed by atoms with Gasteiger partial charge in [-0.05, 0) is 31.0 Å². The molecule has 1 N–H and O–H groups in total. The Hall–Kier alpha value is -2.01. The standard InChI is InChI=1S/C17H24ClN5/c1-4-19-17(20-9-10-23-12-14(2)11-21-23)22(3)13-15-7-5-6-8-16(15)18/h5-8,11-12H,4,9-10,13H2,1-3H3,(H,19,20). The number of aromatic nitrogens is 2. The molecule has 0 saturated carbocycles. The lowest BCUT2D eigenvalue weighted by Gasteiger charge is -2.22. The highest BCUT2D eigenvalue weighted by atomic mass is 35.5. The maximum absolute atomic E-state index is 6.24. The molecule has 6 heteroatoms. The first kappa shape index (κ1) is 17.3. The smallest absolute Gasteiger partial charge is 0.194 e. The Balaban J connectivity index is 1.98. The zero-order valence-electron chi connectivity index (χ0n) is 14.0. The molecule has 0 amide bonds. The van der Waals surface area contributed by atoms with Crippen LogP contribution >= 0.6 is 11.6 Å². The monoisotopic (exact) mass is 333 g/mol. The van der Waals surface area contributed by atoms with Gasteiger partial charge in [0.25, 0.3) is 0 Å². The summed E-state index contributed by atoms with van der Waals surface area (Å²) in [5, 5.41) is 8.38. The zero-order valence-corrected chi connectivity index (χ0v) is 14.7. The molecule has 0 aliphatic heterocycles. The topological polar surface area (TPSA) is 45.5 Å². The number of guanidine groups is 1. The third-order valence-electron chi connectivity index (χ3n) is 3.41. The van der Waals surface area contributed by atoms with E-state index in [1.54, 1.807) is 0 Å². The van der Waals surface area contributed by atoms with E-state index in [0.717, 1.165) is 35.2 Å². The van der Waals surface area contributed by atoms with Gasteiger partial charge in [-0.15, -0.1) is 0 Å². The third-order valence-corrected chi connectivity index (χ3v) is 3.78. The lowest BCUT2D eigenvalue weighted by molar-refractivity contribution is 0.475. The molecule has 0 spiro atoms. The van der Waals surface area contributed by atoms with Crippen LogP contribution in [0.15, 0.2) is 41.7 Å². The molecule has 23 heavy (non-hydrogen) atoms. The minimum atomic E-state index is 0.677. The van der Waals surface area contributed by atoms with E-state index in [0.29, 0.717) is 13.1 Å². The molecule has 1 aromatic carbocycles. The number of hydrogen-bond acceptors (Lipinski definition) is 2. The summed E-state index contributed by atoms with van der Waals surface area (Å²) in [7, 11) is 2.02. The Bertz CT molecular complexity index is 650. The molecule has 0 bridgehead atoms. The molecular formula is C17H24ClN5. The first-order valence-electron chi connectivity index (χ1n) is 7.82. The van der Waals surface area contributed by atoms with Crippen molar-refractivity contribution in [2.75, 3.05) is 20.1 Å². The highest BCUT2D eigenvalue weighted by Crippen LogP contribution is 2.16. The van der Waals surface area contributed by atoms with Gasteiger partial charge in [-0.25, -0.2) is 0 Å². The van der Waals surface area contributed by atoms with Crippen LogP contribution < -0.4 is 5.32 Å². The number of aliphatic imine (C=N–C) groups is 1. The molecule has 124 valence electrons. The van der Waals surface area contributed by atoms with E-state index in [-0.39, 0.29) is 0 Å². The second-order valence-electron chi connectivity index (χ2n) is 5.46. The van der Waals surface area contributed by atoms with Crippen molar-refractivity contribution in [3.05, 3.63) is 52.8 Å². The van der Waals surface area contributed by atoms with Crippen molar-refractivity contribution < 1.29 is 0 Å². The van der Waals surface area contributed by atoms with Gasteiger partial charge in [-0.3, -0.25) is 9.67 Å². The summed E-state index contributed by atoms with van der Waals surface area (Å²) in [6.45, 7) is 7.09. The van der Waals surface area contributed by atoms with E-state index in [4.69, 9.17) is 11.6 Å². The molecule has 5 nitrogen and oxygen atoms in total. The van der Waals surface area contributed by atoms with Crippen LogP contribution in [0.3, 0.4) is 0 Å². The highest BCUT2D eigenvalue weighted by Gasteiger charge is 2.08. The van der Waals surface area contributed by atoms with E-state index in [9.17, 15) is 0 Å². The van der Waals surface area contributed by atoms with Crippen molar-refractivity contribution in [1.29, 1.82) is 0 Å². The summed E-state index contributed by atoms with van der Waals surface area (Å²) in [6, 6.07) is 7.89. The average molecular weight is 334 g/mol.